The second-order valence-corrected chi connectivity index (χ2v) is 5.66. The van der Waals surface area contributed by atoms with Crippen LogP contribution in [0.5, 0.6) is 0 Å². The fourth-order valence-electron chi connectivity index (χ4n) is 2.45. The Morgan fingerprint density at radius 3 is 2.75 bits per heavy atom. The molecular formula is C16H19BrFNO. The molecule has 0 fully saturated rings. The van der Waals surface area contributed by atoms with Crippen LogP contribution >= 0.6 is 15.9 Å². The van der Waals surface area contributed by atoms with Crippen LogP contribution in [0.2, 0.25) is 0 Å². The summed E-state index contributed by atoms with van der Waals surface area (Å²) in [5, 5.41) is 3.45. The molecule has 1 aromatic carbocycles. The topological polar surface area (TPSA) is 25.2 Å². The number of nitrogens with one attached hydrogen (secondary N) is 1. The van der Waals surface area contributed by atoms with Crippen LogP contribution in [0.15, 0.2) is 39.4 Å². The van der Waals surface area contributed by atoms with Crippen molar-refractivity contribution in [2.75, 3.05) is 6.54 Å². The molecule has 2 aromatic rings. The highest BCUT2D eigenvalue weighted by atomic mass is 79.9. The Labute approximate surface area is 127 Å². The van der Waals surface area contributed by atoms with E-state index in [0.29, 0.717) is 0 Å². The van der Waals surface area contributed by atoms with E-state index in [0.717, 1.165) is 40.7 Å². The minimum atomic E-state index is -0.215. The average molecular weight is 340 g/mol. The van der Waals surface area contributed by atoms with E-state index in [1.807, 2.05) is 12.1 Å². The maximum absolute atomic E-state index is 13.5. The predicted octanol–water partition coefficient (Wildman–Crippen LogP) is 4.64. The Bertz CT molecular complexity index is 547. The first-order chi connectivity index (χ1) is 9.63. The zero-order valence-electron chi connectivity index (χ0n) is 11.7. The first kappa shape index (κ1) is 15.3. The molecule has 2 nitrogen and oxygen atoms in total. The molecule has 2 rings (SSSR count). The van der Waals surface area contributed by atoms with E-state index in [1.54, 1.807) is 12.3 Å². The molecule has 4 heteroatoms. The summed E-state index contributed by atoms with van der Waals surface area (Å²) in [7, 11) is 0. The normalized spacial score (nSPS) is 12.6. The highest BCUT2D eigenvalue weighted by Gasteiger charge is 2.17. The molecular weight excluding hydrogens is 321 g/mol. The van der Waals surface area contributed by atoms with Crippen molar-refractivity contribution in [1.29, 1.82) is 0 Å². The average Bonchev–Trinajstić information content (AvgIpc) is 2.85. The molecule has 0 aliphatic heterocycles. The second-order valence-electron chi connectivity index (χ2n) is 4.74. The van der Waals surface area contributed by atoms with Gasteiger partial charge in [-0.05, 0) is 42.8 Å². The number of hydrogen-bond donors (Lipinski definition) is 1. The van der Waals surface area contributed by atoms with Gasteiger partial charge >= 0.3 is 0 Å². The lowest BCUT2D eigenvalue weighted by molar-refractivity contribution is 0.487. The molecule has 1 unspecified atom stereocenters. The summed E-state index contributed by atoms with van der Waals surface area (Å²) in [6.07, 6.45) is 3.31. The number of furan rings is 1. The third-order valence-corrected chi connectivity index (χ3v) is 3.75. The van der Waals surface area contributed by atoms with E-state index in [1.165, 1.54) is 6.07 Å². The fourth-order valence-corrected chi connectivity index (χ4v) is 2.96. The molecule has 1 atom stereocenters. The van der Waals surface area contributed by atoms with Crippen molar-refractivity contribution in [1.82, 2.24) is 5.32 Å². The number of likely N-dealkylation sites (N-methyl/N-ethyl adjacent to an activating group) is 1. The number of hydrogen-bond acceptors (Lipinski definition) is 2. The number of aryl methyl sites for hydroxylation is 1. The van der Waals surface area contributed by atoms with Gasteiger partial charge in [0.25, 0.3) is 0 Å². The summed E-state index contributed by atoms with van der Waals surface area (Å²) in [5.41, 5.74) is 2.13. The standard InChI is InChI=1S/C16H19BrFNO/c1-3-16-14(5-6-20-16)15(19-4-2)9-11-7-12(17)10-13(18)8-11/h5-8,10,15,19H,3-4,9H2,1-2H3. The van der Waals surface area contributed by atoms with Gasteiger partial charge in [0.1, 0.15) is 11.6 Å². The summed E-state index contributed by atoms with van der Waals surface area (Å²) in [6, 6.07) is 7.16. The third kappa shape index (κ3) is 3.70. The molecule has 0 aliphatic rings. The van der Waals surface area contributed by atoms with Crippen molar-refractivity contribution in [3.8, 4) is 0 Å². The lowest BCUT2D eigenvalue weighted by Crippen LogP contribution is -2.23. The first-order valence-corrected chi connectivity index (χ1v) is 7.68. The summed E-state index contributed by atoms with van der Waals surface area (Å²) in [6.45, 7) is 5.00. The number of rotatable bonds is 6. The predicted molar refractivity (Wildman–Crippen MR) is 82.3 cm³/mol. The van der Waals surface area contributed by atoms with Crippen LogP contribution in [-0.4, -0.2) is 6.54 Å². The molecule has 1 heterocycles. The van der Waals surface area contributed by atoms with E-state index >= 15 is 0 Å². The SMILES string of the molecule is CCNC(Cc1cc(F)cc(Br)c1)c1ccoc1CC. The van der Waals surface area contributed by atoms with Crippen molar-refractivity contribution in [3.63, 3.8) is 0 Å². The number of benzene rings is 1. The molecule has 1 aromatic heterocycles. The van der Waals surface area contributed by atoms with E-state index in [9.17, 15) is 4.39 Å². The molecule has 1 N–H and O–H groups in total. The van der Waals surface area contributed by atoms with Crippen LogP contribution in [0.1, 0.15) is 36.8 Å². The van der Waals surface area contributed by atoms with Gasteiger partial charge in [-0.3, -0.25) is 0 Å². The van der Waals surface area contributed by atoms with Crippen molar-refractivity contribution < 1.29 is 8.81 Å². The van der Waals surface area contributed by atoms with Gasteiger partial charge in [0, 0.05) is 22.5 Å². The Morgan fingerprint density at radius 1 is 1.30 bits per heavy atom. The lowest BCUT2D eigenvalue weighted by Gasteiger charge is -2.18. The summed E-state index contributed by atoms with van der Waals surface area (Å²) in [4.78, 5) is 0. The van der Waals surface area contributed by atoms with E-state index in [-0.39, 0.29) is 11.9 Å². The molecule has 0 saturated heterocycles. The molecule has 108 valence electrons. The molecule has 0 spiro atoms. The van der Waals surface area contributed by atoms with Crippen molar-refractivity contribution in [2.45, 2.75) is 32.7 Å². The van der Waals surface area contributed by atoms with Gasteiger partial charge in [-0.15, -0.1) is 0 Å². The van der Waals surface area contributed by atoms with Crippen LogP contribution in [0, 0.1) is 5.82 Å². The van der Waals surface area contributed by atoms with Crippen LogP contribution in [-0.2, 0) is 12.8 Å². The van der Waals surface area contributed by atoms with E-state index in [4.69, 9.17) is 4.42 Å². The molecule has 20 heavy (non-hydrogen) atoms. The fraction of sp³-hybridized carbons (Fsp3) is 0.375. The quantitative estimate of drug-likeness (QED) is 0.829. The second kappa shape index (κ2) is 7.04. The van der Waals surface area contributed by atoms with Crippen LogP contribution in [0.4, 0.5) is 4.39 Å². The van der Waals surface area contributed by atoms with Gasteiger partial charge in [0.05, 0.1) is 6.26 Å². The third-order valence-electron chi connectivity index (χ3n) is 3.29. The van der Waals surface area contributed by atoms with Gasteiger partial charge in [-0.1, -0.05) is 29.8 Å². The molecule has 0 aliphatic carbocycles. The van der Waals surface area contributed by atoms with Crippen molar-refractivity contribution in [2.24, 2.45) is 0 Å². The summed E-state index contributed by atoms with van der Waals surface area (Å²) in [5.74, 6) is 0.777. The van der Waals surface area contributed by atoms with Crippen LogP contribution < -0.4 is 5.32 Å². The summed E-state index contributed by atoms with van der Waals surface area (Å²) >= 11 is 3.34. The Balaban J connectivity index is 2.25. The van der Waals surface area contributed by atoms with Crippen LogP contribution in [0.3, 0.4) is 0 Å². The monoisotopic (exact) mass is 339 g/mol. The highest BCUT2D eigenvalue weighted by Crippen LogP contribution is 2.25. The van der Waals surface area contributed by atoms with Gasteiger partial charge in [-0.2, -0.15) is 0 Å². The van der Waals surface area contributed by atoms with Crippen molar-refractivity contribution >= 4 is 15.9 Å². The minimum absolute atomic E-state index is 0.141. The smallest absolute Gasteiger partial charge is 0.124 e. The van der Waals surface area contributed by atoms with E-state index in [2.05, 4.69) is 35.1 Å². The molecule has 0 saturated carbocycles. The van der Waals surface area contributed by atoms with Gasteiger partial charge < -0.3 is 9.73 Å². The zero-order valence-corrected chi connectivity index (χ0v) is 13.3. The van der Waals surface area contributed by atoms with Gasteiger partial charge in [0.2, 0.25) is 0 Å². The van der Waals surface area contributed by atoms with Crippen molar-refractivity contribution in [3.05, 3.63) is 57.7 Å². The first-order valence-electron chi connectivity index (χ1n) is 6.88. The largest absolute Gasteiger partial charge is 0.469 e. The molecule has 0 radical (unpaired) electrons. The Kier molecular flexibility index (Phi) is 5.38. The lowest BCUT2D eigenvalue weighted by atomic mass is 9.98. The van der Waals surface area contributed by atoms with E-state index < -0.39 is 0 Å². The number of halogens is 2. The van der Waals surface area contributed by atoms with Gasteiger partial charge in [-0.25, -0.2) is 4.39 Å². The molecule has 0 amide bonds. The zero-order chi connectivity index (χ0) is 14.5. The van der Waals surface area contributed by atoms with Gasteiger partial charge in [0.15, 0.2) is 0 Å². The maximum Gasteiger partial charge on any atom is 0.124 e. The maximum atomic E-state index is 13.5. The highest BCUT2D eigenvalue weighted by molar-refractivity contribution is 9.10. The molecule has 0 bridgehead atoms. The Morgan fingerprint density at radius 2 is 2.10 bits per heavy atom. The van der Waals surface area contributed by atoms with Crippen LogP contribution in [0.25, 0.3) is 0 Å². The summed E-state index contributed by atoms with van der Waals surface area (Å²) < 4.78 is 19.8. The Hall–Kier alpha value is -1.13. The minimum Gasteiger partial charge on any atom is -0.469 e.